The zero-order valence-electron chi connectivity index (χ0n) is 14.0. The van der Waals surface area contributed by atoms with Gasteiger partial charge in [0.15, 0.2) is 5.69 Å². The predicted octanol–water partition coefficient (Wildman–Crippen LogP) is 4.42. The molecule has 7 heteroatoms. The second-order valence-corrected chi connectivity index (χ2v) is 7.00. The molecule has 0 aliphatic heterocycles. The second kappa shape index (κ2) is 8.29. The summed E-state index contributed by atoms with van der Waals surface area (Å²) in [7, 11) is 0. The van der Waals surface area contributed by atoms with Gasteiger partial charge < -0.3 is 0 Å². The Balaban J connectivity index is 1.67. The molecule has 0 bridgehead atoms. The van der Waals surface area contributed by atoms with Crippen molar-refractivity contribution in [2.45, 2.75) is 13.5 Å². The maximum absolute atomic E-state index is 12.3. The van der Waals surface area contributed by atoms with Gasteiger partial charge >= 0.3 is 0 Å². The lowest BCUT2D eigenvalue weighted by Crippen LogP contribution is -2.19. The summed E-state index contributed by atoms with van der Waals surface area (Å²) in [5, 5.41) is 9.02. The topological polar surface area (TPSA) is 59.3 Å². The average molecular weight is 432 g/mol. The molecule has 5 nitrogen and oxygen atoms in total. The lowest BCUT2D eigenvalue weighted by Gasteiger charge is -2.02. The number of halogens is 2. The van der Waals surface area contributed by atoms with Crippen molar-refractivity contribution in [2.75, 3.05) is 0 Å². The molecule has 1 N–H and O–H groups in total. The fourth-order valence-electron chi connectivity index (χ4n) is 2.35. The highest BCUT2D eigenvalue weighted by Crippen LogP contribution is 2.17. The van der Waals surface area contributed by atoms with E-state index in [1.807, 2.05) is 55.5 Å². The Morgan fingerprint density at radius 3 is 2.73 bits per heavy atom. The summed E-state index contributed by atoms with van der Waals surface area (Å²) in [4.78, 5) is 12.3. The number of carbonyl (C=O) groups excluding carboxylic acids is 1. The molecule has 26 heavy (non-hydrogen) atoms. The van der Waals surface area contributed by atoms with Crippen LogP contribution in [-0.2, 0) is 6.54 Å². The van der Waals surface area contributed by atoms with Gasteiger partial charge in [-0.3, -0.25) is 9.48 Å². The van der Waals surface area contributed by atoms with Crippen LogP contribution in [-0.4, -0.2) is 21.9 Å². The Morgan fingerprint density at radius 1 is 1.27 bits per heavy atom. The van der Waals surface area contributed by atoms with E-state index in [1.54, 1.807) is 17.1 Å². The molecule has 1 amide bonds. The maximum atomic E-state index is 12.3. The van der Waals surface area contributed by atoms with Gasteiger partial charge in [0, 0.05) is 11.2 Å². The van der Waals surface area contributed by atoms with E-state index in [0.29, 0.717) is 16.0 Å². The molecule has 0 saturated carbocycles. The summed E-state index contributed by atoms with van der Waals surface area (Å²) in [6.45, 7) is 2.52. The van der Waals surface area contributed by atoms with E-state index in [2.05, 4.69) is 31.6 Å². The normalized spacial score (nSPS) is 11.0. The quantitative estimate of drug-likeness (QED) is 0.480. The number of hydrazone groups is 1. The van der Waals surface area contributed by atoms with Crippen LogP contribution in [0.1, 0.15) is 27.2 Å². The minimum Gasteiger partial charge on any atom is -0.266 e. The lowest BCUT2D eigenvalue weighted by molar-refractivity contribution is 0.0948. The Bertz CT molecular complexity index is 950. The number of nitrogens with one attached hydrogen (secondary N) is 1. The molecular weight excluding hydrogens is 416 g/mol. The highest BCUT2D eigenvalue weighted by atomic mass is 79.9. The first kappa shape index (κ1) is 18.4. The zero-order chi connectivity index (χ0) is 18.5. The average Bonchev–Trinajstić information content (AvgIpc) is 2.99. The number of aryl methyl sites for hydroxylation is 1. The molecule has 1 aromatic heterocycles. The molecule has 132 valence electrons. The summed E-state index contributed by atoms with van der Waals surface area (Å²) >= 11 is 9.27. The summed E-state index contributed by atoms with van der Waals surface area (Å²) in [5.74, 6) is -0.378. The van der Waals surface area contributed by atoms with E-state index in [0.717, 1.165) is 16.7 Å². The monoisotopic (exact) mass is 430 g/mol. The van der Waals surface area contributed by atoms with Gasteiger partial charge in [0.25, 0.3) is 5.91 Å². The highest BCUT2D eigenvalue weighted by molar-refractivity contribution is 9.10. The van der Waals surface area contributed by atoms with E-state index in [4.69, 9.17) is 11.6 Å². The second-order valence-electron chi connectivity index (χ2n) is 5.71. The number of hydrogen-bond donors (Lipinski definition) is 1. The minimum atomic E-state index is -0.378. The first-order chi connectivity index (χ1) is 12.5. The lowest BCUT2D eigenvalue weighted by atomic mass is 10.1. The predicted molar refractivity (Wildman–Crippen MR) is 107 cm³/mol. The van der Waals surface area contributed by atoms with Crippen LogP contribution in [0.15, 0.2) is 64.3 Å². The van der Waals surface area contributed by atoms with E-state index in [9.17, 15) is 4.79 Å². The molecule has 2 aromatic carbocycles. The number of rotatable bonds is 5. The van der Waals surface area contributed by atoms with Crippen LogP contribution < -0.4 is 5.43 Å². The molecule has 0 aliphatic carbocycles. The highest BCUT2D eigenvalue weighted by Gasteiger charge is 2.14. The van der Waals surface area contributed by atoms with Crippen molar-refractivity contribution in [3.05, 3.63) is 86.6 Å². The van der Waals surface area contributed by atoms with Gasteiger partial charge in [-0.05, 0) is 51.7 Å². The van der Waals surface area contributed by atoms with Gasteiger partial charge in [0.1, 0.15) is 0 Å². The molecule has 3 aromatic rings. The molecular formula is C19H16BrClN4O. The first-order valence-electron chi connectivity index (χ1n) is 7.89. The van der Waals surface area contributed by atoms with Gasteiger partial charge in [-0.1, -0.05) is 48.0 Å². The van der Waals surface area contributed by atoms with Crippen molar-refractivity contribution in [2.24, 2.45) is 5.10 Å². The van der Waals surface area contributed by atoms with E-state index in [-0.39, 0.29) is 11.6 Å². The first-order valence-corrected chi connectivity index (χ1v) is 9.06. The molecule has 0 spiro atoms. The minimum absolute atomic E-state index is 0.279. The van der Waals surface area contributed by atoms with Crippen molar-refractivity contribution in [1.82, 2.24) is 15.2 Å². The molecule has 0 atom stereocenters. The van der Waals surface area contributed by atoms with Crippen LogP contribution in [0, 0.1) is 6.92 Å². The smallest absolute Gasteiger partial charge is 0.266 e. The van der Waals surface area contributed by atoms with E-state index in [1.165, 1.54) is 0 Å². The Kier molecular flexibility index (Phi) is 5.85. The number of aromatic nitrogens is 2. The fraction of sp³-hybridized carbons (Fsp3) is 0.105. The van der Waals surface area contributed by atoms with Crippen LogP contribution in [0.2, 0.25) is 5.02 Å². The van der Waals surface area contributed by atoms with Crippen molar-refractivity contribution in [3.63, 3.8) is 0 Å². The van der Waals surface area contributed by atoms with Gasteiger partial charge in [-0.2, -0.15) is 10.2 Å². The molecule has 3 rings (SSSR count). The standard InChI is InChI=1S/C19H16BrClN4O/c1-13-4-2-3-5-15(13)10-22-23-19(26)18-17(20)12-25(24-18)11-14-6-8-16(21)9-7-14/h2-10,12H,11H2,1H3,(H,23,26). The van der Waals surface area contributed by atoms with Gasteiger partial charge in [-0.15, -0.1) is 0 Å². The Hall–Kier alpha value is -2.44. The number of carbonyl (C=O) groups is 1. The molecule has 1 heterocycles. The fourth-order valence-corrected chi connectivity index (χ4v) is 2.98. The number of amides is 1. The maximum Gasteiger partial charge on any atom is 0.293 e. The van der Waals surface area contributed by atoms with Crippen molar-refractivity contribution < 1.29 is 4.79 Å². The van der Waals surface area contributed by atoms with Crippen LogP contribution >= 0.6 is 27.5 Å². The van der Waals surface area contributed by atoms with Gasteiger partial charge in [-0.25, -0.2) is 5.43 Å². The van der Waals surface area contributed by atoms with Crippen LogP contribution in [0.25, 0.3) is 0 Å². The zero-order valence-corrected chi connectivity index (χ0v) is 16.3. The SMILES string of the molecule is Cc1ccccc1C=NNC(=O)c1nn(Cc2ccc(Cl)cc2)cc1Br. The summed E-state index contributed by atoms with van der Waals surface area (Å²) in [5.41, 5.74) is 5.85. The molecule has 0 aliphatic rings. The van der Waals surface area contributed by atoms with Gasteiger partial charge in [0.2, 0.25) is 0 Å². The third-order valence-electron chi connectivity index (χ3n) is 3.75. The van der Waals surface area contributed by atoms with E-state index < -0.39 is 0 Å². The molecule has 0 radical (unpaired) electrons. The largest absolute Gasteiger partial charge is 0.293 e. The van der Waals surface area contributed by atoms with Crippen LogP contribution in [0.3, 0.4) is 0 Å². The number of benzene rings is 2. The Labute approximate surface area is 164 Å². The van der Waals surface area contributed by atoms with Crippen molar-refractivity contribution >= 4 is 39.7 Å². The van der Waals surface area contributed by atoms with Gasteiger partial charge in [0.05, 0.1) is 17.2 Å². The van der Waals surface area contributed by atoms with Crippen LogP contribution in [0.4, 0.5) is 0 Å². The summed E-state index contributed by atoms with van der Waals surface area (Å²) in [6.07, 6.45) is 3.38. The van der Waals surface area contributed by atoms with Crippen molar-refractivity contribution in [1.29, 1.82) is 0 Å². The molecule has 0 saturated heterocycles. The third-order valence-corrected chi connectivity index (χ3v) is 4.58. The summed E-state index contributed by atoms with van der Waals surface area (Å²) < 4.78 is 2.29. The molecule has 0 unspecified atom stereocenters. The summed E-state index contributed by atoms with van der Waals surface area (Å²) in [6, 6.07) is 15.3. The number of nitrogens with zero attached hydrogens (tertiary/aromatic N) is 3. The van der Waals surface area contributed by atoms with Crippen LogP contribution in [0.5, 0.6) is 0 Å². The van der Waals surface area contributed by atoms with E-state index >= 15 is 0 Å². The Morgan fingerprint density at radius 2 is 2.00 bits per heavy atom. The third kappa shape index (κ3) is 4.59. The van der Waals surface area contributed by atoms with Crippen molar-refractivity contribution in [3.8, 4) is 0 Å². The molecule has 0 fully saturated rings. The number of hydrogen-bond acceptors (Lipinski definition) is 3.